The van der Waals surface area contributed by atoms with Crippen LogP contribution < -0.4 is 5.32 Å². The van der Waals surface area contributed by atoms with Gasteiger partial charge in [0.15, 0.2) is 0 Å². The zero-order chi connectivity index (χ0) is 20.2. The van der Waals surface area contributed by atoms with E-state index >= 15 is 0 Å². The number of carbonyl (C=O) groups is 2. The standard InChI is InChI=1S/C24H19ClN2O2/c25-19-12-13-21-20(15-19)24(18-9-5-2-6-10-18)27(16-22(28)26-21)23(29)14-11-17-7-3-1-4-8-17/h1-15,24H,16H2,(H,26,28). The highest BCUT2D eigenvalue weighted by Crippen LogP contribution is 2.37. The second-order valence-electron chi connectivity index (χ2n) is 6.80. The summed E-state index contributed by atoms with van der Waals surface area (Å²) in [5, 5.41) is 3.44. The molecule has 0 saturated carbocycles. The van der Waals surface area contributed by atoms with Gasteiger partial charge in [0.2, 0.25) is 11.8 Å². The summed E-state index contributed by atoms with van der Waals surface area (Å²) >= 11 is 6.26. The van der Waals surface area contributed by atoms with Gasteiger partial charge in [0.1, 0.15) is 6.54 Å². The van der Waals surface area contributed by atoms with E-state index in [0.29, 0.717) is 10.7 Å². The first-order valence-electron chi connectivity index (χ1n) is 9.30. The van der Waals surface area contributed by atoms with Crippen molar-refractivity contribution >= 4 is 35.2 Å². The average molecular weight is 403 g/mol. The summed E-state index contributed by atoms with van der Waals surface area (Å²) in [7, 11) is 0. The molecule has 0 fully saturated rings. The highest BCUT2D eigenvalue weighted by Gasteiger charge is 2.32. The fraction of sp³-hybridized carbons (Fsp3) is 0.0833. The number of hydrogen-bond acceptors (Lipinski definition) is 2. The van der Waals surface area contributed by atoms with Crippen LogP contribution in [0.25, 0.3) is 6.08 Å². The molecule has 3 aromatic carbocycles. The number of amides is 2. The van der Waals surface area contributed by atoms with Gasteiger partial charge < -0.3 is 10.2 Å². The molecule has 0 radical (unpaired) electrons. The molecule has 1 aliphatic rings. The maximum Gasteiger partial charge on any atom is 0.247 e. The summed E-state index contributed by atoms with van der Waals surface area (Å²) < 4.78 is 0. The number of halogens is 1. The molecule has 2 amide bonds. The first-order valence-corrected chi connectivity index (χ1v) is 9.67. The Morgan fingerprint density at radius 2 is 1.69 bits per heavy atom. The Bertz CT molecular complexity index is 1060. The van der Waals surface area contributed by atoms with Crippen LogP contribution in [0, 0.1) is 0 Å². The molecule has 1 N–H and O–H groups in total. The Hall–Kier alpha value is -3.37. The summed E-state index contributed by atoms with van der Waals surface area (Å²) in [6, 6.07) is 24.1. The number of carbonyl (C=O) groups excluding carboxylic acids is 2. The summed E-state index contributed by atoms with van der Waals surface area (Å²) in [6.45, 7) is -0.0518. The minimum Gasteiger partial charge on any atom is -0.324 e. The largest absolute Gasteiger partial charge is 0.324 e. The topological polar surface area (TPSA) is 49.4 Å². The van der Waals surface area contributed by atoms with E-state index in [4.69, 9.17) is 11.6 Å². The number of nitrogens with one attached hydrogen (secondary N) is 1. The average Bonchev–Trinajstić information content (AvgIpc) is 2.89. The van der Waals surface area contributed by atoms with E-state index in [9.17, 15) is 9.59 Å². The number of hydrogen-bond donors (Lipinski definition) is 1. The predicted octanol–water partition coefficient (Wildman–Crippen LogP) is 4.92. The predicted molar refractivity (Wildman–Crippen MR) is 116 cm³/mol. The van der Waals surface area contributed by atoms with Crippen LogP contribution in [0.4, 0.5) is 5.69 Å². The first kappa shape index (κ1) is 19.0. The minimum absolute atomic E-state index is 0.0518. The number of anilines is 1. The molecule has 4 nitrogen and oxygen atoms in total. The first-order chi connectivity index (χ1) is 14.1. The van der Waals surface area contributed by atoms with Crippen molar-refractivity contribution < 1.29 is 9.59 Å². The summed E-state index contributed by atoms with van der Waals surface area (Å²) in [5.74, 6) is -0.487. The third-order valence-electron chi connectivity index (χ3n) is 4.82. The zero-order valence-electron chi connectivity index (χ0n) is 15.6. The van der Waals surface area contributed by atoms with Gasteiger partial charge in [-0.2, -0.15) is 0 Å². The molecule has 4 rings (SSSR count). The molecular formula is C24H19ClN2O2. The van der Waals surface area contributed by atoms with E-state index in [1.807, 2.05) is 60.7 Å². The van der Waals surface area contributed by atoms with Crippen molar-refractivity contribution in [2.24, 2.45) is 0 Å². The van der Waals surface area contributed by atoms with Crippen LogP contribution in [0.5, 0.6) is 0 Å². The molecule has 144 valence electrons. The highest BCUT2D eigenvalue weighted by molar-refractivity contribution is 6.30. The molecule has 1 aliphatic heterocycles. The van der Waals surface area contributed by atoms with Crippen LogP contribution in [-0.2, 0) is 9.59 Å². The fourth-order valence-electron chi connectivity index (χ4n) is 3.50. The molecule has 1 unspecified atom stereocenters. The van der Waals surface area contributed by atoms with E-state index in [0.717, 1.165) is 16.7 Å². The number of nitrogens with zero attached hydrogens (tertiary/aromatic N) is 1. The lowest BCUT2D eigenvalue weighted by Gasteiger charge is -2.29. The molecule has 0 aliphatic carbocycles. The summed E-state index contributed by atoms with van der Waals surface area (Å²) in [5.41, 5.74) is 3.28. The SMILES string of the molecule is O=C1CN(C(=O)C=Cc2ccccc2)C(c2ccccc2)c2cc(Cl)ccc2N1. The van der Waals surface area contributed by atoms with Crippen molar-refractivity contribution in [2.75, 3.05) is 11.9 Å². The van der Waals surface area contributed by atoms with Gasteiger partial charge in [0.25, 0.3) is 0 Å². The van der Waals surface area contributed by atoms with Crippen molar-refractivity contribution in [1.82, 2.24) is 4.90 Å². The Morgan fingerprint density at radius 1 is 1.00 bits per heavy atom. The van der Waals surface area contributed by atoms with Crippen LogP contribution in [0.2, 0.25) is 5.02 Å². The lowest BCUT2D eigenvalue weighted by molar-refractivity contribution is -0.131. The molecule has 1 heterocycles. The Morgan fingerprint density at radius 3 is 2.41 bits per heavy atom. The summed E-state index contributed by atoms with van der Waals surface area (Å²) in [6.07, 6.45) is 3.26. The monoisotopic (exact) mass is 402 g/mol. The second kappa shape index (κ2) is 8.33. The van der Waals surface area contributed by atoms with Gasteiger partial charge >= 0.3 is 0 Å². The molecule has 0 saturated heterocycles. The van der Waals surface area contributed by atoms with E-state index in [1.165, 1.54) is 6.08 Å². The van der Waals surface area contributed by atoms with Crippen molar-refractivity contribution in [3.63, 3.8) is 0 Å². The van der Waals surface area contributed by atoms with Gasteiger partial charge in [-0.3, -0.25) is 9.59 Å². The number of fused-ring (bicyclic) bond motifs is 1. The smallest absolute Gasteiger partial charge is 0.247 e. The third kappa shape index (κ3) is 4.23. The van der Waals surface area contributed by atoms with Crippen LogP contribution in [0.15, 0.2) is 84.9 Å². The van der Waals surface area contributed by atoms with Gasteiger partial charge in [-0.05, 0) is 35.4 Å². The van der Waals surface area contributed by atoms with E-state index < -0.39 is 6.04 Å². The Kier molecular flexibility index (Phi) is 5.45. The number of rotatable bonds is 3. The van der Waals surface area contributed by atoms with Crippen molar-refractivity contribution in [3.05, 3.63) is 107 Å². The van der Waals surface area contributed by atoms with Gasteiger partial charge in [-0.15, -0.1) is 0 Å². The van der Waals surface area contributed by atoms with Gasteiger partial charge in [-0.1, -0.05) is 72.3 Å². The Labute approximate surface area is 174 Å². The van der Waals surface area contributed by atoms with Gasteiger partial charge in [0, 0.05) is 22.3 Å². The minimum atomic E-state index is -0.434. The maximum absolute atomic E-state index is 13.2. The maximum atomic E-state index is 13.2. The molecule has 5 heteroatoms. The Balaban J connectivity index is 1.78. The second-order valence-corrected chi connectivity index (χ2v) is 7.24. The summed E-state index contributed by atoms with van der Waals surface area (Å²) in [4.78, 5) is 27.3. The quantitative estimate of drug-likeness (QED) is 0.632. The molecular weight excluding hydrogens is 384 g/mol. The fourth-order valence-corrected chi connectivity index (χ4v) is 3.69. The van der Waals surface area contributed by atoms with Gasteiger partial charge in [-0.25, -0.2) is 0 Å². The van der Waals surface area contributed by atoms with Crippen LogP contribution in [-0.4, -0.2) is 23.3 Å². The third-order valence-corrected chi connectivity index (χ3v) is 5.06. The zero-order valence-corrected chi connectivity index (χ0v) is 16.3. The molecule has 0 aromatic heterocycles. The normalized spacial score (nSPS) is 16.2. The van der Waals surface area contributed by atoms with Crippen LogP contribution >= 0.6 is 11.6 Å². The molecule has 3 aromatic rings. The molecule has 29 heavy (non-hydrogen) atoms. The van der Waals surface area contributed by atoms with Gasteiger partial charge in [0.05, 0.1) is 6.04 Å². The lowest BCUT2D eigenvalue weighted by Crippen LogP contribution is -2.38. The molecule has 0 spiro atoms. The lowest BCUT2D eigenvalue weighted by atomic mass is 9.95. The van der Waals surface area contributed by atoms with E-state index in [2.05, 4.69) is 5.32 Å². The van der Waals surface area contributed by atoms with Crippen LogP contribution in [0.3, 0.4) is 0 Å². The molecule has 0 bridgehead atoms. The van der Waals surface area contributed by atoms with Crippen LogP contribution in [0.1, 0.15) is 22.7 Å². The number of benzene rings is 3. The van der Waals surface area contributed by atoms with E-state index in [1.54, 1.807) is 29.2 Å². The van der Waals surface area contributed by atoms with Crippen molar-refractivity contribution in [1.29, 1.82) is 0 Å². The van der Waals surface area contributed by atoms with E-state index in [-0.39, 0.29) is 18.4 Å². The highest BCUT2D eigenvalue weighted by atomic mass is 35.5. The molecule has 1 atom stereocenters. The van der Waals surface area contributed by atoms with Crippen molar-refractivity contribution in [3.8, 4) is 0 Å². The van der Waals surface area contributed by atoms with Crippen molar-refractivity contribution in [2.45, 2.75) is 6.04 Å².